The van der Waals surface area contributed by atoms with E-state index in [-0.39, 0.29) is 11.7 Å². The van der Waals surface area contributed by atoms with Gasteiger partial charge in [0.2, 0.25) is 5.91 Å². The maximum atomic E-state index is 13.6. The van der Waals surface area contributed by atoms with Gasteiger partial charge < -0.3 is 9.80 Å². The maximum Gasteiger partial charge on any atom is 0.232 e. The highest BCUT2D eigenvalue weighted by atomic mass is 32.2. The van der Waals surface area contributed by atoms with Gasteiger partial charge in [-0.1, -0.05) is 32.0 Å². The maximum absolute atomic E-state index is 13.6. The van der Waals surface area contributed by atoms with Crippen LogP contribution in [0.25, 0.3) is 16.7 Å². The van der Waals surface area contributed by atoms with Crippen LogP contribution in [0, 0.1) is 18.7 Å². The van der Waals surface area contributed by atoms with Crippen LogP contribution < -0.4 is 4.90 Å². The Balaban J connectivity index is 1.42. The lowest BCUT2D eigenvalue weighted by Gasteiger charge is -2.24. The minimum absolute atomic E-state index is 0.163. The molecule has 39 heavy (non-hydrogen) atoms. The number of carbonyl (C=O) groups excluding carboxylic acids is 1. The number of thioether (sulfide) groups is 1. The Hall–Kier alpha value is -3.46. The lowest BCUT2D eigenvalue weighted by atomic mass is 10.1. The third kappa shape index (κ3) is 6.41. The van der Waals surface area contributed by atoms with E-state index in [1.54, 1.807) is 28.6 Å². The molecule has 5 rings (SSSR count). The van der Waals surface area contributed by atoms with Crippen LogP contribution in [0.3, 0.4) is 0 Å². The van der Waals surface area contributed by atoms with E-state index in [0.29, 0.717) is 24.8 Å². The molecular formula is C30H35FN6OS. The lowest BCUT2D eigenvalue weighted by molar-refractivity contribution is -0.128. The van der Waals surface area contributed by atoms with Crippen molar-refractivity contribution in [2.45, 2.75) is 44.9 Å². The minimum Gasteiger partial charge on any atom is -0.354 e. The van der Waals surface area contributed by atoms with Gasteiger partial charge in [0, 0.05) is 37.5 Å². The summed E-state index contributed by atoms with van der Waals surface area (Å²) >= 11 is 1.58. The number of halogens is 1. The molecule has 204 valence electrons. The molecule has 0 saturated carbocycles. The zero-order chi connectivity index (χ0) is 27.4. The number of hydrogen-bond donors (Lipinski definition) is 0. The number of aryl methyl sites for hydroxylation is 2. The van der Waals surface area contributed by atoms with Crippen molar-refractivity contribution in [1.29, 1.82) is 0 Å². The molecule has 2 aromatic carbocycles. The molecular weight excluding hydrogens is 511 g/mol. The molecule has 0 spiro atoms. The summed E-state index contributed by atoms with van der Waals surface area (Å²) in [5, 5.41) is 5.71. The number of nitrogens with zero attached hydrogens (tertiary/aromatic N) is 6. The average Bonchev–Trinajstić information content (AvgIpc) is 3.10. The smallest absolute Gasteiger partial charge is 0.232 e. The fourth-order valence-electron chi connectivity index (χ4n) is 4.86. The molecule has 7 nitrogen and oxygen atoms in total. The van der Waals surface area contributed by atoms with Crippen molar-refractivity contribution in [1.82, 2.24) is 24.6 Å². The van der Waals surface area contributed by atoms with Crippen LogP contribution in [0.2, 0.25) is 0 Å². The Morgan fingerprint density at radius 3 is 2.51 bits per heavy atom. The van der Waals surface area contributed by atoms with Crippen LogP contribution in [0.4, 0.5) is 10.2 Å². The van der Waals surface area contributed by atoms with Gasteiger partial charge in [-0.2, -0.15) is 5.10 Å². The number of hydrogen-bond acceptors (Lipinski definition) is 6. The topological polar surface area (TPSA) is 67.2 Å². The largest absolute Gasteiger partial charge is 0.354 e. The van der Waals surface area contributed by atoms with E-state index in [9.17, 15) is 9.18 Å². The number of rotatable bonds is 8. The monoisotopic (exact) mass is 546 g/mol. The molecule has 0 bridgehead atoms. The van der Waals surface area contributed by atoms with Gasteiger partial charge in [0.15, 0.2) is 5.65 Å². The summed E-state index contributed by atoms with van der Waals surface area (Å²) in [7, 11) is 0. The van der Waals surface area contributed by atoms with Crippen LogP contribution in [0.15, 0.2) is 59.5 Å². The van der Waals surface area contributed by atoms with Gasteiger partial charge in [0.1, 0.15) is 17.5 Å². The quantitative estimate of drug-likeness (QED) is 0.265. The molecule has 1 amide bonds. The van der Waals surface area contributed by atoms with Crippen molar-refractivity contribution >= 4 is 34.5 Å². The molecule has 0 N–H and O–H groups in total. The Bertz CT molecular complexity index is 1420. The summed E-state index contributed by atoms with van der Waals surface area (Å²) < 4.78 is 15.4. The Morgan fingerprint density at radius 1 is 1.00 bits per heavy atom. The van der Waals surface area contributed by atoms with Crippen LogP contribution in [0.5, 0.6) is 0 Å². The molecule has 0 aliphatic carbocycles. The first-order valence-corrected chi connectivity index (χ1v) is 14.6. The predicted octanol–water partition coefficient (Wildman–Crippen LogP) is 5.68. The number of carbonyl (C=O) groups is 1. The summed E-state index contributed by atoms with van der Waals surface area (Å²) in [5.74, 6) is 2.50. The zero-order valence-electron chi connectivity index (χ0n) is 22.8. The molecule has 1 aliphatic rings. The normalized spacial score (nSPS) is 14.3. The van der Waals surface area contributed by atoms with Crippen molar-refractivity contribution < 1.29 is 9.18 Å². The zero-order valence-corrected chi connectivity index (χ0v) is 23.6. The van der Waals surface area contributed by atoms with Gasteiger partial charge in [-0.05, 0) is 62.1 Å². The number of fused-ring (bicyclic) bond motifs is 1. The highest BCUT2D eigenvalue weighted by Gasteiger charge is 2.25. The molecule has 0 atom stereocenters. The predicted molar refractivity (Wildman–Crippen MR) is 155 cm³/mol. The first-order valence-electron chi connectivity index (χ1n) is 13.6. The van der Waals surface area contributed by atoms with Gasteiger partial charge in [-0.15, -0.1) is 11.8 Å². The van der Waals surface area contributed by atoms with Crippen molar-refractivity contribution in [2.75, 3.05) is 36.8 Å². The fourth-order valence-corrected chi connectivity index (χ4v) is 5.68. The molecule has 2 aromatic heterocycles. The van der Waals surface area contributed by atoms with Crippen molar-refractivity contribution in [3.63, 3.8) is 0 Å². The summed E-state index contributed by atoms with van der Waals surface area (Å²) in [6, 6.07) is 16.4. The average molecular weight is 547 g/mol. The molecule has 4 aromatic rings. The summed E-state index contributed by atoms with van der Waals surface area (Å²) in [6.07, 6.45) is 2.61. The van der Waals surface area contributed by atoms with E-state index in [1.165, 1.54) is 12.1 Å². The van der Waals surface area contributed by atoms with Crippen LogP contribution in [-0.4, -0.2) is 62.5 Å². The van der Waals surface area contributed by atoms with Crippen LogP contribution in [-0.2, 0) is 11.2 Å². The SMILES string of the molecule is Cc1nn(-c2ccc(F)cc2)c2nc(CCC(C)C)nc(N3CCCN(C(=O)CSc4ccccc4)CC3)c12. The number of aromatic nitrogens is 4. The van der Waals surface area contributed by atoms with Gasteiger partial charge in [0.25, 0.3) is 0 Å². The van der Waals surface area contributed by atoms with E-state index in [2.05, 4.69) is 18.7 Å². The van der Waals surface area contributed by atoms with Gasteiger partial charge in [0.05, 0.1) is 22.5 Å². The summed E-state index contributed by atoms with van der Waals surface area (Å²) in [6.45, 7) is 9.23. The second-order valence-electron chi connectivity index (χ2n) is 10.4. The summed E-state index contributed by atoms with van der Waals surface area (Å²) in [5.41, 5.74) is 2.33. The van der Waals surface area contributed by atoms with Crippen LogP contribution in [0.1, 0.15) is 38.2 Å². The van der Waals surface area contributed by atoms with Crippen molar-refractivity contribution in [2.24, 2.45) is 5.92 Å². The van der Waals surface area contributed by atoms with E-state index < -0.39 is 0 Å². The summed E-state index contributed by atoms with van der Waals surface area (Å²) in [4.78, 5) is 28.4. The molecule has 3 heterocycles. The standard InChI is InChI=1S/C30H35FN6OS/c1-21(2)10-15-26-32-29(28-22(3)34-37(30(28)33-26)24-13-11-23(31)12-14-24)36-17-7-16-35(18-19-36)27(38)20-39-25-8-5-4-6-9-25/h4-6,8-9,11-14,21H,7,10,15-20H2,1-3H3. The Labute approximate surface area is 233 Å². The number of amides is 1. The van der Waals surface area contributed by atoms with E-state index in [0.717, 1.165) is 71.3 Å². The van der Waals surface area contributed by atoms with E-state index >= 15 is 0 Å². The second kappa shape index (κ2) is 12.2. The molecule has 1 aliphatic heterocycles. The first kappa shape index (κ1) is 27.1. The second-order valence-corrected chi connectivity index (χ2v) is 11.4. The number of benzene rings is 2. The minimum atomic E-state index is -0.286. The third-order valence-corrected chi connectivity index (χ3v) is 8.00. The highest BCUT2D eigenvalue weighted by molar-refractivity contribution is 8.00. The Morgan fingerprint density at radius 2 is 1.77 bits per heavy atom. The van der Waals surface area contributed by atoms with Gasteiger partial charge in [-0.3, -0.25) is 4.79 Å². The molecule has 1 saturated heterocycles. The van der Waals surface area contributed by atoms with E-state index in [4.69, 9.17) is 15.1 Å². The fraction of sp³-hybridized carbons (Fsp3) is 0.400. The highest BCUT2D eigenvalue weighted by Crippen LogP contribution is 2.30. The molecule has 9 heteroatoms. The molecule has 1 fully saturated rings. The lowest BCUT2D eigenvalue weighted by Crippen LogP contribution is -2.36. The Kier molecular flexibility index (Phi) is 8.45. The van der Waals surface area contributed by atoms with Gasteiger partial charge >= 0.3 is 0 Å². The van der Waals surface area contributed by atoms with Crippen LogP contribution >= 0.6 is 11.8 Å². The van der Waals surface area contributed by atoms with E-state index in [1.807, 2.05) is 42.2 Å². The van der Waals surface area contributed by atoms with Gasteiger partial charge in [-0.25, -0.2) is 19.0 Å². The van der Waals surface area contributed by atoms with Crippen molar-refractivity contribution in [3.8, 4) is 5.69 Å². The third-order valence-electron chi connectivity index (χ3n) is 7.00. The van der Waals surface area contributed by atoms with Crippen molar-refractivity contribution in [3.05, 3.63) is 71.9 Å². The number of anilines is 1. The first-order chi connectivity index (χ1) is 18.9. The molecule has 0 unspecified atom stereocenters. The molecule has 0 radical (unpaired) electrons.